The van der Waals surface area contributed by atoms with E-state index in [0.29, 0.717) is 6.61 Å². The van der Waals surface area contributed by atoms with Crippen molar-refractivity contribution >= 4 is 0 Å². The molecule has 0 aliphatic rings. The van der Waals surface area contributed by atoms with Crippen molar-refractivity contribution in [3.63, 3.8) is 0 Å². The zero-order valence-corrected chi connectivity index (χ0v) is 9.61. The highest BCUT2D eigenvalue weighted by Gasteiger charge is 2.06. The third-order valence-corrected chi connectivity index (χ3v) is 2.33. The first-order valence-corrected chi connectivity index (χ1v) is 5.55. The van der Waals surface area contributed by atoms with Crippen LogP contribution in [0.25, 0.3) is 0 Å². The Labute approximate surface area is 92.2 Å². The van der Waals surface area contributed by atoms with Gasteiger partial charge in [-0.15, -0.1) is 0 Å². The molecule has 0 N–H and O–H groups in total. The Morgan fingerprint density at radius 2 is 1.93 bits per heavy atom. The van der Waals surface area contributed by atoms with Crippen LogP contribution in [-0.2, 0) is 16.1 Å². The molecule has 0 aliphatic heterocycles. The van der Waals surface area contributed by atoms with Crippen molar-refractivity contribution in [2.24, 2.45) is 0 Å². The van der Waals surface area contributed by atoms with Crippen LogP contribution < -0.4 is 0 Å². The summed E-state index contributed by atoms with van der Waals surface area (Å²) >= 11 is 0. The fraction of sp³-hybridized carbons (Fsp3) is 0.538. The van der Waals surface area contributed by atoms with E-state index in [0.717, 1.165) is 12.8 Å². The molecule has 2 nitrogen and oxygen atoms in total. The molecule has 0 saturated carbocycles. The molecule has 2 heteroatoms. The maximum atomic E-state index is 5.66. The normalized spacial score (nSPS) is 12.7. The van der Waals surface area contributed by atoms with Crippen LogP contribution in [0.2, 0.25) is 0 Å². The van der Waals surface area contributed by atoms with E-state index in [2.05, 4.69) is 19.1 Å². The number of benzene rings is 1. The number of rotatable bonds is 7. The van der Waals surface area contributed by atoms with Crippen LogP contribution in [0.3, 0.4) is 0 Å². The van der Waals surface area contributed by atoms with Gasteiger partial charge in [0.05, 0.1) is 6.61 Å². The minimum absolute atomic E-state index is 0.0647. The van der Waals surface area contributed by atoms with E-state index in [4.69, 9.17) is 9.47 Å². The number of methoxy groups -OCH3 is 1. The van der Waals surface area contributed by atoms with Crippen LogP contribution >= 0.6 is 0 Å². The summed E-state index contributed by atoms with van der Waals surface area (Å²) in [5.74, 6) is 0. The second-order valence-corrected chi connectivity index (χ2v) is 3.60. The maximum Gasteiger partial charge on any atom is 0.157 e. The van der Waals surface area contributed by atoms with E-state index in [1.807, 2.05) is 18.2 Å². The van der Waals surface area contributed by atoms with Crippen molar-refractivity contribution in [1.29, 1.82) is 0 Å². The van der Waals surface area contributed by atoms with Crippen LogP contribution in [0.5, 0.6) is 0 Å². The fourth-order valence-electron chi connectivity index (χ4n) is 1.40. The van der Waals surface area contributed by atoms with E-state index in [1.54, 1.807) is 7.11 Å². The molecule has 0 amide bonds. The molecule has 1 rings (SSSR count). The van der Waals surface area contributed by atoms with Crippen LogP contribution in [0.15, 0.2) is 30.3 Å². The fourth-order valence-corrected chi connectivity index (χ4v) is 1.40. The molecule has 1 aromatic rings. The monoisotopic (exact) mass is 208 g/mol. The van der Waals surface area contributed by atoms with E-state index < -0.39 is 0 Å². The molecule has 1 unspecified atom stereocenters. The van der Waals surface area contributed by atoms with Gasteiger partial charge in [-0.3, -0.25) is 0 Å². The lowest BCUT2D eigenvalue weighted by Gasteiger charge is -2.15. The van der Waals surface area contributed by atoms with Gasteiger partial charge >= 0.3 is 0 Å². The third-order valence-electron chi connectivity index (χ3n) is 2.33. The third kappa shape index (κ3) is 4.96. The highest BCUT2D eigenvalue weighted by atomic mass is 16.7. The predicted molar refractivity (Wildman–Crippen MR) is 61.6 cm³/mol. The number of unbranched alkanes of at least 4 members (excludes halogenated alkanes) is 1. The van der Waals surface area contributed by atoms with Crippen molar-refractivity contribution < 1.29 is 9.47 Å². The first-order valence-electron chi connectivity index (χ1n) is 5.55. The van der Waals surface area contributed by atoms with Crippen molar-refractivity contribution in [2.75, 3.05) is 7.11 Å². The molecule has 0 spiro atoms. The van der Waals surface area contributed by atoms with Gasteiger partial charge in [0.25, 0.3) is 0 Å². The standard InChI is InChI=1S/C13H20O2/c1-3-4-10-13(14-2)15-11-12-8-6-5-7-9-12/h5-9,13H,3-4,10-11H2,1-2H3. The van der Waals surface area contributed by atoms with Gasteiger partial charge in [0, 0.05) is 7.11 Å². The smallest absolute Gasteiger partial charge is 0.157 e. The Morgan fingerprint density at radius 3 is 2.53 bits per heavy atom. The average molecular weight is 208 g/mol. The number of ether oxygens (including phenoxy) is 2. The van der Waals surface area contributed by atoms with Gasteiger partial charge in [-0.1, -0.05) is 43.7 Å². The molecule has 15 heavy (non-hydrogen) atoms. The largest absolute Gasteiger partial charge is 0.356 e. The van der Waals surface area contributed by atoms with Gasteiger partial charge < -0.3 is 9.47 Å². The summed E-state index contributed by atoms with van der Waals surface area (Å²) < 4.78 is 10.9. The topological polar surface area (TPSA) is 18.5 Å². The van der Waals surface area contributed by atoms with Gasteiger partial charge in [0.15, 0.2) is 6.29 Å². The lowest BCUT2D eigenvalue weighted by Crippen LogP contribution is -2.14. The molecule has 0 fully saturated rings. The second-order valence-electron chi connectivity index (χ2n) is 3.60. The first kappa shape index (κ1) is 12.2. The zero-order valence-electron chi connectivity index (χ0n) is 9.61. The van der Waals surface area contributed by atoms with Gasteiger partial charge in [0.2, 0.25) is 0 Å². The van der Waals surface area contributed by atoms with E-state index in [9.17, 15) is 0 Å². The molecule has 84 valence electrons. The molecule has 1 atom stereocenters. The Bertz CT molecular complexity index is 246. The SMILES string of the molecule is CCCCC(OC)OCc1ccccc1. The Balaban J connectivity index is 2.28. The quantitative estimate of drug-likeness (QED) is 0.640. The van der Waals surface area contributed by atoms with Crippen molar-refractivity contribution in [1.82, 2.24) is 0 Å². The minimum atomic E-state index is -0.0647. The highest BCUT2D eigenvalue weighted by Crippen LogP contribution is 2.09. The summed E-state index contributed by atoms with van der Waals surface area (Å²) in [6, 6.07) is 10.2. The highest BCUT2D eigenvalue weighted by molar-refractivity contribution is 5.13. The summed E-state index contributed by atoms with van der Waals surface area (Å²) in [6.07, 6.45) is 3.23. The van der Waals surface area contributed by atoms with Crippen molar-refractivity contribution in [3.05, 3.63) is 35.9 Å². The summed E-state index contributed by atoms with van der Waals surface area (Å²) in [4.78, 5) is 0. The molecule has 0 heterocycles. The van der Waals surface area contributed by atoms with Crippen molar-refractivity contribution in [3.8, 4) is 0 Å². The van der Waals surface area contributed by atoms with E-state index in [-0.39, 0.29) is 6.29 Å². The number of hydrogen-bond donors (Lipinski definition) is 0. The van der Waals surface area contributed by atoms with Gasteiger partial charge in [-0.2, -0.15) is 0 Å². The summed E-state index contributed by atoms with van der Waals surface area (Å²) in [5.41, 5.74) is 1.19. The molecular formula is C13H20O2. The van der Waals surface area contributed by atoms with Gasteiger partial charge in [-0.05, 0) is 18.4 Å². The molecule has 1 aromatic carbocycles. The lowest BCUT2D eigenvalue weighted by molar-refractivity contribution is -0.135. The summed E-state index contributed by atoms with van der Waals surface area (Å²) in [5, 5.41) is 0. The van der Waals surface area contributed by atoms with Crippen molar-refractivity contribution in [2.45, 2.75) is 39.1 Å². The molecule has 0 aliphatic carbocycles. The zero-order chi connectivity index (χ0) is 10.9. The first-order chi connectivity index (χ1) is 7.36. The van der Waals surface area contributed by atoms with Crippen LogP contribution in [0.1, 0.15) is 31.7 Å². The average Bonchev–Trinajstić information content (AvgIpc) is 2.31. The molecule has 0 bridgehead atoms. The molecule has 0 radical (unpaired) electrons. The Kier molecular flexibility index (Phi) is 6.05. The molecule has 0 saturated heterocycles. The van der Waals surface area contributed by atoms with Crippen LogP contribution in [-0.4, -0.2) is 13.4 Å². The van der Waals surface area contributed by atoms with Crippen LogP contribution in [0.4, 0.5) is 0 Å². The minimum Gasteiger partial charge on any atom is -0.356 e. The van der Waals surface area contributed by atoms with E-state index in [1.165, 1.54) is 12.0 Å². The Morgan fingerprint density at radius 1 is 1.20 bits per heavy atom. The Hall–Kier alpha value is -0.860. The summed E-state index contributed by atoms with van der Waals surface area (Å²) in [6.45, 7) is 2.80. The second kappa shape index (κ2) is 7.43. The van der Waals surface area contributed by atoms with E-state index >= 15 is 0 Å². The van der Waals surface area contributed by atoms with Gasteiger partial charge in [0.1, 0.15) is 0 Å². The number of hydrogen-bond acceptors (Lipinski definition) is 2. The van der Waals surface area contributed by atoms with Crippen LogP contribution in [0, 0.1) is 0 Å². The predicted octanol–water partition coefficient (Wildman–Crippen LogP) is 3.37. The summed E-state index contributed by atoms with van der Waals surface area (Å²) in [7, 11) is 1.70. The lowest BCUT2D eigenvalue weighted by atomic mass is 10.2. The maximum absolute atomic E-state index is 5.66. The van der Waals surface area contributed by atoms with Gasteiger partial charge in [-0.25, -0.2) is 0 Å². The molecular weight excluding hydrogens is 188 g/mol. The molecule has 0 aromatic heterocycles.